The zero-order valence-corrected chi connectivity index (χ0v) is 13.3. The zero-order chi connectivity index (χ0) is 16.7. The van der Waals surface area contributed by atoms with Crippen LogP contribution in [0.5, 0.6) is 0 Å². The van der Waals surface area contributed by atoms with Crippen molar-refractivity contribution in [1.82, 2.24) is 0 Å². The second-order valence-electron chi connectivity index (χ2n) is 5.09. The number of hydrogen-bond acceptors (Lipinski definition) is 4. The second kappa shape index (κ2) is 8.13. The number of ether oxygens (including phenoxy) is 2. The normalized spacial score (nSPS) is 11.6. The van der Waals surface area contributed by atoms with E-state index in [0.717, 1.165) is 11.1 Å². The largest absolute Gasteiger partial charge is 0.469 e. The van der Waals surface area contributed by atoms with Gasteiger partial charge in [-0.3, -0.25) is 4.79 Å². The van der Waals surface area contributed by atoms with Crippen molar-refractivity contribution >= 4 is 11.9 Å². The van der Waals surface area contributed by atoms with Gasteiger partial charge in [0, 0.05) is 5.92 Å². The number of carbonyl (C=O) groups is 2. The molecule has 23 heavy (non-hydrogen) atoms. The van der Waals surface area contributed by atoms with Gasteiger partial charge >= 0.3 is 11.9 Å². The summed E-state index contributed by atoms with van der Waals surface area (Å²) in [6, 6.07) is 16.9. The highest BCUT2D eigenvalue weighted by atomic mass is 16.5. The molecule has 0 bridgehead atoms. The highest BCUT2D eigenvalue weighted by Crippen LogP contribution is 2.29. The fourth-order valence-electron chi connectivity index (χ4n) is 2.46. The molecule has 0 amide bonds. The molecule has 0 aliphatic rings. The van der Waals surface area contributed by atoms with Gasteiger partial charge in [-0.2, -0.15) is 0 Å². The van der Waals surface area contributed by atoms with Crippen molar-refractivity contribution in [2.24, 2.45) is 0 Å². The lowest BCUT2D eigenvalue weighted by Gasteiger charge is -2.17. The summed E-state index contributed by atoms with van der Waals surface area (Å²) in [5.41, 5.74) is 2.36. The number of methoxy groups -OCH3 is 1. The smallest absolute Gasteiger partial charge is 0.338 e. The molecule has 0 saturated heterocycles. The van der Waals surface area contributed by atoms with Crippen molar-refractivity contribution in [2.45, 2.75) is 19.3 Å². The third kappa shape index (κ3) is 4.42. The van der Waals surface area contributed by atoms with Crippen molar-refractivity contribution in [3.63, 3.8) is 0 Å². The van der Waals surface area contributed by atoms with Crippen molar-refractivity contribution in [2.75, 3.05) is 13.7 Å². The summed E-state index contributed by atoms with van der Waals surface area (Å²) >= 11 is 0. The van der Waals surface area contributed by atoms with Crippen molar-refractivity contribution < 1.29 is 19.1 Å². The summed E-state index contributed by atoms with van der Waals surface area (Å²) in [6.45, 7) is 2.10. The topological polar surface area (TPSA) is 52.6 Å². The van der Waals surface area contributed by atoms with E-state index in [1.807, 2.05) is 36.4 Å². The first-order valence-corrected chi connectivity index (χ1v) is 7.54. The highest BCUT2D eigenvalue weighted by Gasteiger charge is 2.20. The van der Waals surface area contributed by atoms with Crippen molar-refractivity contribution in [3.8, 4) is 0 Å². The predicted molar refractivity (Wildman–Crippen MR) is 87.3 cm³/mol. The predicted octanol–water partition coefficient (Wildman–Crippen LogP) is 3.56. The molecule has 1 atom stereocenters. The Morgan fingerprint density at radius 2 is 1.70 bits per heavy atom. The van der Waals surface area contributed by atoms with Gasteiger partial charge in [-0.15, -0.1) is 0 Å². The van der Waals surface area contributed by atoms with Crippen LogP contribution in [-0.2, 0) is 14.3 Å². The average Bonchev–Trinajstić information content (AvgIpc) is 2.60. The van der Waals surface area contributed by atoms with Crippen LogP contribution in [0.2, 0.25) is 0 Å². The first-order chi connectivity index (χ1) is 11.2. The molecule has 0 radical (unpaired) electrons. The Kier molecular flexibility index (Phi) is 5.92. The lowest BCUT2D eigenvalue weighted by atomic mass is 9.88. The first kappa shape index (κ1) is 16.7. The maximum atomic E-state index is 11.9. The molecule has 1 unspecified atom stereocenters. The molecule has 0 saturated carbocycles. The molecule has 2 rings (SSSR count). The molecule has 0 heterocycles. The maximum Gasteiger partial charge on any atom is 0.338 e. The summed E-state index contributed by atoms with van der Waals surface area (Å²) in [5, 5.41) is 0. The summed E-state index contributed by atoms with van der Waals surface area (Å²) in [5.74, 6) is -0.822. The number of esters is 2. The number of carbonyl (C=O) groups excluding carboxylic acids is 2. The van der Waals surface area contributed by atoms with Gasteiger partial charge in [0.15, 0.2) is 0 Å². The molecule has 0 N–H and O–H groups in total. The lowest BCUT2D eigenvalue weighted by Crippen LogP contribution is -2.11. The van der Waals surface area contributed by atoms with Crippen LogP contribution in [0, 0.1) is 0 Å². The first-order valence-electron chi connectivity index (χ1n) is 7.54. The van der Waals surface area contributed by atoms with Crippen molar-refractivity contribution in [1.29, 1.82) is 0 Å². The molecule has 2 aromatic rings. The SMILES string of the molecule is CCOC(=O)c1cccc(C(CC(=O)OC)c2ccccc2)c1. The van der Waals surface area contributed by atoms with Gasteiger partial charge in [0.1, 0.15) is 0 Å². The molecule has 120 valence electrons. The van der Waals surface area contributed by atoms with Crippen LogP contribution in [0.15, 0.2) is 54.6 Å². The van der Waals surface area contributed by atoms with Gasteiger partial charge in [0.25, 0.3) is 0 Å². The van der Waals surface area contributed by atoms with Gasteiger partial charge < -0.3 is 9.47 Å². The van der Waals surface area contributed by atoms with Crippen LogP contribution in [0.1, 0.15) is 40.7 Å². The Bertz CT molecular complexity index is 664. The van der Waals surface area contributed by atoms with Crippen LogP contribution in [-0.4, -0.2) is 25.7 Å². The van der Waals surface area contributed by atoms with Crippen LogP contribution in [0.25, 0.3) is 0 Å². The van der Waals surface area contributed by atoms with E-state index < -0.39 is 0 Å². The van der Waals surface area contributed by atoms with Crippen molar-refractivity contribution in [3.05, 3.63) is 71.3 Å². The summed E-state index contributed by atoms with van der Waals surface area (Å²) in [4.78, 5) is 23.7. The molecule has 0 fully saturated rings. The van der Waals surface area contributed by atoms with Crippen LogP contribution < -0.4 is 0 Å². The third-order valence-electron chi connectivity index (χ3n) is 3.60. The Morgan fingerprint density at radius 3 is 2.35 bits per heavy atom. The van der Waals surface area contributed by atoms with E-state index in [4.69, 9.17) is 9.47 Å². The van der Waals surface area contributed by atoms with Crippen LogP contribution >= 0.6 is 0 Å². The van der Waals surface area contributed by atoms with E-state index in [1.165, 1.54) is 7.11 Å². The molecule has 0 aliphatic heterocycles. The Morgan fingerprint density at radius 1 is 1.00 bits per heavy atom. The van der Waals surface area contributed by atoms with E-state index in [-0.39, 0.29) is 24.3 Å². The number of hydrogen-bond donors (Lipinski definition) is 0. The van der Waals surface area contributed by atoms with E-state index in [9.17, 15) is 9.59 Å². The van der Waals surface area contributed by atoms with Gasteiger partial charge in [-0.05, 0) is 30.2 Å². The number of benzene rings is 2. The Labute approximate surface area is 136 Å². The molecule has 2 aromatic carbocycles. The third-order valence-corrected chi connectivity index (χ3v) is 3.60. The standard InChI is InChI=1S/C19H20O4/c1-3-23-19(21)16-11-7-10-15(12-16)17(13-18(20)22-2)14-8-5-4-6-9-14/h4-12,17H,3,13H2,1-2H3. The highest BCUT2D eigenvalue weighted by molar-refractivity contribution is 5.89. The second-order valence-corrected chi connectivity index (χ2v) is 5.09. The van der Waals surface area contributed by atoms with E-state index >= 15 is 0 Å². The molecule has 0 aliphatic carbocycles. The zero-order valence-electron chi connectivity index (χ0n) is 13.3. The summed E-state index contributed by atoms with van der Waals surface area (Å²) < 4.78 is 9.85. The Balaban J connectivity index is 2.37. The van der Waals surface area contributed by atoms with E-state index in [0.29, 0.717) is 12.2 Å². The van der Waals surface area contributed by atoms with Crippen LogP contribution in [0.3, 0.4) is 0 Å². The van der Waals surface area contributed by atoms with Gasteiger partial charge in [-0.1, -0.05) is 42.5 Å². The molecule has 0 spiro atoms. The van der Waals surface area contributed by atoms with Gasteiger partial charge in [0.05, 0.1) is 25.7 Å². The number of rotatable bonds is 6. The van der Waals surface area contributed by atoms with Crippen LogP contribution in [0.4, 0.5) is 0 Å². The maximum absolute atomic E-state index is 11.9. The molecular formula is C19H20O4. The molecule has 0 aromatic heterocycles. The van der Waals surface area contributed by atoms with Gasteiger partial charge in [-0.25, -0.2) is 4.79 Å². The fourth-order valence-corrected chi connectivity index (χ4v) is 2.46. The Hall–Kier alpha value is -2.62. The minimum atomic E-state index is -0.362. The van der Waals surface area contributed by atoms with E-state index in [2.05, 4.69) is 0 Å². The molecule has 4 heteroatoms. The fraction of sp³-hybridized carbons (Fsp3) is 0.263. The summed E-state index contributed by atoms with van der Waals surface area (Å²) in [7, 11) is 1.37. The molecule has 4 nitrogen and oxygen atoms in total. The quantitative estimate of drug-likeness (QED) is 0.765. The van der Waals surface area contributed by atoms with E-state index in [1.54, 1.807) is 25.1 Å². The minimum absolute atomic E-state index is 0.168. The summed E-state index contributed by atoms with van der Waals surface area (Å²) in [6.07, 6.45) is 0.215. The lowest BCUT2D eigenvalue weighted by molar-refractivity contribution is -0.140. The average molecular weight is 312 g/mol. The van der Waals surface area contributed by atoms with Gasteiger partial charge in [0.2, 0.25) is 0 Å². The minimum Gasteiger partial charge on any atom is -0.469 e. The molecular weight excluding hydrogens is 292 g/mol. The monoisotopic (exact) mass is 312 g/mol.